The highest BCUT2D eigenvalue weighted by Gasteiger charge is 2.11. The highest BCUT2D eigenvalue weighted by atomic mass is 14.2. The molecule has 2 radical (unpaired) electrons. The van der Waals surface area contributed by atoms with E-state index in [-0.39, 0.29) is 0 Å². The number of benzene rings is 2. The molecule has 2 rings (SSSR count). The summed E-state index contributed by atoms with van der Waals surface area (Å²) in [5.41, 5.74) is 2.89. The second-order valence-electron chi connectivity index (χ2n) is 11.0. The van der Waals surface area contributed by atoms with Crippen molar-refractivity contribution in [1.82, 2.24) is 0 Å². The predicted octanol–water partition coefficient (Wildman–Crippen LogP) is 12.0. The fourth-order valence-electron chi connectivity index (χ4n) is 5.46. The Morgan fingerprint density at radius 3 is 1.36 bits per heavy atom. The summed E-state index contributed by atoms with van der Waals surface area (Å²) in [6, 6.07) is 22.0. The Kier molecular flexibility index (Phi) is 19.3. The van der Waals surface area contributed by atoms with Crippen molar-refractivity contribution in [3.8, 4) is 0 Å². The van der Waals surface area contributed by atoms with E-state index in [1.54, 1.807) is 0 Å². The van der Waals surface area contributed by atoms with Crippen molar-refractivity contribution in [2.45, 2.75) is 141 Å². The lowest BCUT2D eigenvalue weighted by Crippen LogP contribution is -2.00. The molecule has 0 heterocycles. The summed E-state index contributed by atoms with van der Waals surface area (Å²) in [5, 5.41) is 0. The quantitative estimate of drug-likeness (QED) is 0.129. The molecule has 36 heavy (non-hydrogen) atoms. The van der Waals surface area contributed by atoms with Crippen LogP contribution in [0.5, 0.6) is 0 Å². The lowest BCUT2D eigenvalue weighted by Gasteiger charge is -2.17. The van der Waals surface area contributed by atoms with Gasteiger partial charge in [0.05, 0.1) is 0 Å². The minimum absolute atomic E-state index is 0.699. The number of unbranched alkanes of at least 4 members (excludes halogenated alkanes) is 17. The first-order chi connectivity index (χ1) is 17.9. The average Bonchev–Trinajstić information content (AvgIpc) is 2.92. The summed E-state index contributed by atoms with van der Waals surface area (Å²) >= 11 is 0. The van der Waals surface area contributed by atoms with E-state index in [1.165, 1.54) is 140 Å². The van der Waals surface area contributed by atoms with Gasteiger partial charge in [-0.1, -0.05) is 183 Å². The van der Waals surface area contributed by atoms with E-state index in [0.717, 1.165) is 6.42 Å². The molecule has 200 valence electrons. The fraction of sp³-hybridized carbons (Fsp3) is 0.611. The van der Waals surface area contributed by atoms with Gasteiger partial charge in [-0.15, -0.1) is 0 Å². The van der Waals surface area contributed by atoms with Gasteiger partial charge in [-0.2, -0.15) is 0 Å². The minimum Gasteiger partial charge on any atom is -0.0622 e. The topological polar surface area (TPSA) is 0 Å². The summed E-state index contributed by atoms with van der Waals surface area (Å²) in [5.74, 6) is 0.699. The smallest absolute Gasteiger partial charge is 0.00929 e. The molecule has 0 fully saturated rings. The molecule has 0 amide bonds. The highest BCUT2D eigenvalue weighted by molar-refractivity contribution is 5.23. The molecular weight excluding hydrogens is 432 g/mol. The maximum Gasteiger partial charge on any atom is -0.00929 e. The predicted molar refractivity (Wildman–Crippen MR) is 161 cm³/mol. The number of hydrogen-bond acceptors (Lipinski definition) is 0. The lowest BCUT2D eigenvalue weighted by molar-refractivity contribution is 0.503. The van der Waals surface area contributed by atoms with E-state index in [1.807, 2.05) is 0 Å². The maximum atomic E-state index is 3.93. The Hall–Kier alpha value is -1.56. The Bertz CT molecular complexity index is 688. The molecule has 1 atom stereocenters. The molecule has 2 aromatic rings. The molecule has 0 aliphatic carbocycles. The van der Waals surface area contributed by atoms with E-state index in [4.69, 9.17) is 0 Å². The van der Waals surface area contributed by atoms with Crippen molar-refractivity contribution in [3.05, 3.63) is 85.1 Å². The van der Waals surface area contributed by atoms with Crippen LogP contribution in [0.2, 0.25) is 0 Å². The third kappa shape index (κ3) is 16.2. The van der Waals surface area contributed by atoms with Gasteiger partial charge in [-0.3, -0.25) is 0 Å². The van der Waals surface area contributed by atoms with Crippen LogP contribution >= 0.6 is 0 Å². The molecule has 1 unspecified atom stereocenters. The largest absolute Gasteiger partial charge is 0.0622 e. The van der Waals surface area contributed by atoms with Crippen LogP contribution in [0.15, 0.2) is 60.7 Å². The third-order valence-corrected chi connectivity index (χ3v) is 7.77. The Labute approximate surface area is 225 Å². The van der Waals surface area contributed by atoms with Crippen LogP contribution in [0.3, 0.4) is 0 Å². The molecule has 0 aliphatic rings. The van der Waals surface area contributed by atoms with Crippen molar-refractivity contribution in [2.75, 3.05) is 0 Å². The average molecular weight is 489 g/mol. The first kappa shape index (κ1) is 30.7. The molecule has 0 bridgehead atoms. The van der Waals surface area contributed by atoms with Gasteiger partial charge in [0.2, 0.25) is 0 Å². The van der Waals surface area contributed by atoms with Crippen LogP contribution in [-0.2, 0) is 0 Å². The zero-order chi connectivity index (χ0) is 25.4. The van der Waals surface area contributed by atoms with Crippen LogP contribution in [0.25, 0.3) is 0 Å². The fourth-order valence-corrected chi connectivity index (χ4v) is 5.46. The van der Waals surface area contributed by atoms with Crippen molar-refractivity contribution >= 4 is 0 Å². The molecular formula is C36H56. The minimum atomic E-state index is 0.699. The summed E-state index contributed by atoms with van der Waals surface area (Å²) in [7, 11) is 0. The Balaban J connectivity index is 1.42. The van der Waals surface area contributed by atoms with E-state index in [2.05, 4.69) is 74.0 Å². The van der Waals surface area contributed by atoms with Gasteiger partial charge in [-0.25, -0.2) is 0 Å². The van der Waals surface area contributed by atoms with Crippen LogP contribution in [0.4, 0.5) is 0 Å². The van der Waals surface area contributed by atoms with Gasteiger partial charge < -0.3 is 0 Å². The van der Waals surface area contributed by atoms with E-state index in [0.29, 0.717) is 5.92 Å². The number of hydrogen-bond donors (Lipinski definition) is 0. The summed E-state index contributed by atoms with van der Waals surface area (Å²) < 4.78 is 0. The standard InChI is InChI=1S/C36H56/c1-2-3-4-5-6-7-8-9-10-11-12-13-14-15-16-17-18-23-30-36(35-31-24-20-25-32-35)33-26-29-34-27-21-19-22-28-34/h19-22,24-25,27-29,31-32,36H,1-18,23,26,30,33H2. The van der Waals surface area contributed by atoms with Crippen LogP contribution < -0.4 is 0 Å². The first-order valence-corrected chi connectivity index (χ1v) is 15.6. The van der Waals surface area contributed by atoms with Crippen LogP contribution in [0, 0.1) is 13.3 Å². The van der Waals surface area contributed by atoms with Crippen molar-refractivity contribution in [1.29, 1.82) is 0 Å². The van der Waals surface area contributed by atoms with Gasteiger partial charge in [0.15, 0.2) is 0 Å². The normalized spacial score (nSPS) is 12.1. The lowest BCUT2D eigenvalue weighted by atomic mass is 9.88. The molecule has 0 spiro atoms. The van der Waals surface area contributed by atoms with E-state index < -0.39 is 0 Å². The van der Waals surface area contributed by atoms with Crippen LogP contribution in [-0.4, -0.2) is 0 Å². The monoisotopic (exact) mass is 488 g/mol. The van der Waals surface area contributed by atoms with Crippen molar-refractivity contribution in [3.63, 3.8) is 0 Å². The Morgan fingerprint density at radius 2 is 0.889 bits per heavy atom. The molecule has 0 nitrogen and oxygen atoms in total. The van der Waals surface area contributed by atoms with Gasteiger partial charge in [0, 0.05) is 0 Å². The Morgan fingerprint density at radius 1 is 0.472 bits per heavy atom. The maximum absolute atomic E-state index is 3.93. The third-order valence-electron chi connectivity index (χ3n) is 7.77. The highest BCUT2D eigenvalue weighted by Crippen LogP contribution is 2.28. The zero-order valence-electron chi connectivity index (χ0n) is 23.5. The van der Waals surface area contributed by atoms with Gasteiger partial charge in [0.25, 0.3) is 0 Å². The summed E-state index contributed by atoms with van der Waals surface area (Å²) in [4.78, 5) is 0. The SMILES string of the molecule is [CH2]CCCCCCCCCCCCCCCCCCCC(CC[CH]c1ccccc1)c1ccccc1. The van der Waals surface area contributed by atoms with E-state index in [9.17, 15) is 0 Å². The van der Waals surface area contributed by atoms with Gasteiger partial charge in [-0.05, 0) is 42.7 Å². The summed E-state index contributed by atoms with van der Waals surface area (Å²) in [6.45, 7) is 3.93. The molecule has 0 saturated heterocycles. The molecule has 0 saturated carbocycles. The first-order valence-electron chi connectivity index (χ1n) is 15.6. The van der Waals surface area contributed by atoms with E-state index >= 15 is 0 Å². The van der Waals surface area contributed by atoms with Crippen LogP contribution in [0.1, 0.15) is 152 Å². The molecule has 2 aromatic carbocycles. The van der Waals surface area contributed by atoms with Gasteiger partial charge >= 0.3 is 0 Å². The zero-order valence-corrected chi connectivity index (χ0v) is 23.5. The second kappa shape index (κ2) is 22.6. The molecule has 0 N–H and O–H groups in total. The second-order valence-corrected chi connectivity index (χ2v) is 11.0. The molecule has 0 heteroatoms. The van der Waals surface area contributed by atoms with Crippen molar-refractivity contribution < 1.29 is 0 Å². The van der Waals surface area contributed by atoms with Gasteiger partial charge in [0.1, 0.15) is 0 Å². The summed E-state index contributed by atoms with van der Waals surface area (Å²) in [6.07, 6.45) is 31.6. The molecule has 0 aromatic heterocycles. The molecule has 0 aliphatic heterocycles. The number of rotatable bonds is 24. The van der Waals surface area contributed by atoms with Crippen molar-refractivity contribution in [2.24, 2.45) is 0 Å².